The molecule has 0 spiro atoms. The molecular formula is C18H17BrN2O2. The molecule has 3 rings (SSSR count). The van der Waals surface area contributed by atoms with Crippen molar-refractivity contribution in [2.45, 2.75) is 27.2 Å². The van der Waals surface area contributed by atoms with Crippen molar-refractivity contribution in [3.05, 3.63) is 57.3 Å². The van der Waals surface area contributed by atoms with Crippen LogP contribution in [0.1, 0.15) is 22.4 Å². The molecule has 1 N–H and O–H groups in total. The molecule has 0 aliphatic heterocycles. The highest BCUT2D eigenvalue weighted by atomic mass is 79.9. The van der Waals surface area contributed by atoms with Crippen LogP contribution in [0.3, 0.4) is 0 Å². The zero-order valence-corrected chi connectivity index (χ0v) is 14.8. The lowest BCUT2D eigenvalue weighted by molar-refractivity contribution is -0.136. The van der Waals surface area contributed by atoms with Gasteiger partial charge in [0.15, 0.2) is 0 Å². The van der Waals surface area contributed by atoms with Gasteiger partial charge < -0.3 is 9.51 Å². The van der Waals surface area contributed by atoms with Gasteiger partial charge in [-0.25, -0.2) is 4.98 Å². The van der Waals surface area contributed by atoms with E-state index in [2.05, 4.69) is 33.9 Å². The Labute approximate surface area is 142 Å². The van der Waals surface area contributed by atoms with Crippen LogP contribution in [0.5, 0.6) is 0 Å². The molecule has 0 radical (unpaired) electrons. The Hall–Kier alpha value is -2.14. The highest BCUT2D eigenvalue weighted by Gasteiger charge is 2.18. The van der Waals surface area contributed by atoms with E-state index in [4.69, 9.17) is 0 Å². The Morgan fingerprint density at radius 3 is 2.57 bits per heavy atom. The number of aryl methyl sites for hydroxylation is 3. The first-order valence-electron chi connectivity index (χ1n) is 7.33. The van der Waals surface area contributed by atoms with Gasteiger partial charge in [0.2, 0.25) is 0 Å². The number of hydrogen-bond acceptors (Lipinski definition) is 2. The summed E-state index contributed by atoms with van der Waals surface area (Å²) in [7, 11) is 0. The molecule has 0 aliphatic rings. The minimum atomic E-state index is -0.867. The van der Waals surface area contributed by atoms with E-state index in [1.165, 1.54) is 5.56 Å². The summed E-state index contributed by atoms with van der Waals surface area (Å²) in [4.78, 5) is 16.0. The maximum absolute atomic E-state index is 11.3. The lowest BCUT2D eigenvalue weighted by Gasteiger charge is -2.06. The number of halogens is 1. The van der Waals surface area contributed by atoms with Crippen molar-refractivity contribution in [3.8, 4) is 11.3 Å². The number of carbonyl (C=O) groups is 1. The van der Waals surface area contributed by atoms with Crippen LogP contribution in [0.15, 0.2) is 34.9 Å². The molecule has 0 saturated heterocycles. The Bertz CT molecular complexity index is 928. The van der Waals surface area contributed by atoms with Gasteiger partial charge in [-0.05, 0) is 65.5 Å². The molecule has 118 valence electrons. The number of carboxylic acids is 1. The van der Waals surface area contributed by atoms with Crippen molar-refractivity contribution in [2.24, 2.45) is 0 Å². The summed E-state index contributed by atoms with van der Waals surface area (Å²) < 4.78 is 2.79. The number of aromatic nitrogens is 2. The molecule has 0 fully saturated rings. The highest BCUT2D eigenvalue weighted by molar-refractivity contribution is 9.10. The van der Waals surface area contributed by atoms with Gasteiger partial charge in [-0.15, -0.1) is 0 Å². The number of nitrogens with zero attached hydrogens (tertiary/aromatic N) is 2. The number of hydrogen-bond donors (Lipinski definition) is 1. The van der Waals surface area contributed by atoms with Crippen LogP contribution in [0, 0.1) is 20.8 Å². The Balaban J connectivity index is 2.29. The zero-order chi connectivity index (χ0) is 16.7. The van der Waals surface area contributed by atoms with Gasteiger partial charge in [0.05, 0.1) is 17.8 Å². The van der Waals surface area contributed by atoms with Gasteiger partial charge >= 0.3 is 5.97 Å². The van der Waals surface area contributed by atoms with E-state index in [0.29, 0.717) is 5.69 Å². The summed E-state index contributed by atoms with van der Waals surface area (Å²) in [6.45, 7) is 6.10. The Morgan fingerprint density at radius 2 is 1.91 bits per heavy atom. The molecule has 0 saturated carbocycles. The summed E-state index contributed by atoms with van der Waals surface area (Å²) in [5.74, 6) is -0.867. The molecule has 3 aromatic rings. The van der Waals surface area contributed by atoms with Crippen LogP contribution in [0.2, 0.25) is 0 Å². The maximum Gasteiger partial charge on any atom is 0.309 e. The lowest BCUT2D eigenvalue weighted by atomic mass is 10.0. The fourth-order valence-electron chi connectivity index (χ4n) is 2.64. The van der Waals surface area contributed by atoms with Gasteiger partial charge in [0.25, 0.3) is 0 Å². The van der Waals surface area contributed by atoms with Crippen LogP contribution in [-0.2, 0) is 11.2 Å². The molecule has 2 heterocycles. The smallest absolute Gasteiger partial charge is 0.309 e. The molecule has 2 aromatic heterocycles. The number of carboxylic acid groups (broad SMARTS) is 1. The van der Waals surface area contributed by atoms with Crippen molar-refractivity contribution in [1.82, 2.24) is 9.38 Å². The number of rotatable bonds is 3. The van der Waals surface area contributed by atoms with E-state index >= 15 is 0 Å². The van der Waals surface area contributed by atoms with Crippen LogP contribution in [0.25, 0.3) is 16.9 Å². The zero-order valence-electron chi connectivity index (χ0n) is 13.2. The van der Waals surface area contributed by atoms with Crippen LogP contribution in [-0.4, -0.2) is 20.5 Å². The van der Waals surface area contributed by atoms with Gasteiger partial charge in [-0.1, -0.05) is 12.1 Å². The minimum absolute atomic E-state index is 0.0705. The first-order chi connectivity index (χ1) is 10.9. The van der Waals surface area contributed by atoms with Crippen molar-refractivity contribution in [2.75, 3.05) is 0 Å². The molecule has 23 heavy (non-hydrogen) atoms. The number of imidazole rings is 1. The number of pyridine rings is 1. The number of fused-ring (bicyclic) bond motifs is 1. The first kappa shape index (κ1) is 15.7. The summed E-state index contributed by atoms with van der Waals surface area (Å²) >= 11 is 3.51. The molecule has 0 aliphatic carbocycles. The van der Waals surface area contributed by atoms with Gasteiger partial charge in [-0.2, -0.15) is 0 Å². The summed E-state index contributed by atoms with van der Waals surface area (Å²) in [6, 6.07) is 8.06. The van der Waals surface area contributed by atoms with E-state index in [0.717, 1.165) is 32.5 Å². The van der Waals surface area contributed by atoms with E-state index in [1.54, 1.807) is 0 Å². The second-order valence-electron chi connectivity index (χ2n) is 5.81. The third-order valence-electron chi connectivity index (χ3n) is 4.10. The van der Waals surface area contributed by atoms with Gasteiger partial charge in [-0.3, -0.25) is 4.79 Å². The normalized spacial score (nSPS) is 11.1. The van der Waals surface area contributed by atoms with Crippen LogP contribution >= 0.6 is 15.9 Å². The molecule has 5 heteroatoms. The summed E-state index contributed by atoms with van der Waals surface area (Å²) in [6.07, 6.45) is 1.82. The van der Waals surface area contributed by atoms with Crippen LogP contribution < -0.4 is 0 Å². The van der Waals surface area contributed by atoms with Crippen molar-refractivity contribution in [3.63, 3.8) is 0 Å². The standard InChI is InChI=1S/C18H17BrN2O2/c1-10-4-5-13(6-11(10)2)18-15(8-17(22)23)21-9-14(19)12(3)7-16(21)20-18/h4-7,9H,8H2,1-3H3,(H,22,23). The Kier molecular flexibility index (Phi) is 3.98. The fraction of sp³-hybridized carbons (Fsp3) is 0.222. The number of benzene rings is 1. The third-order valence-corrected chi connectivity index (χ3v) is 4.93. The molecular weight excluding hydrogens is 356 g/mol. The quantitative estimate of drug-likeness (QED) is 0.744. The van der Waals surface area contributed by atoms with E-state index in [-0.39, 0.29) is 6.42 Å². The van der Waals surface area contributed by atoms with Gasteiger partial charge in [0, 0.05) is 16.2 Å². The average molecular weight is 373 g/mol. The molecule has 0 amide bonds. The predicted octanol–water partition coefficient (Wildman–Crippen LogP) is 4.32. The lowest BCUT2D eigenvalue weighted by Crippen LogP contribution is -2.05. The van der Waals surface area contributed by atoms with Gasteiger partial charge in [0.1, 0.15) is 5.65 Å². The SMILES string of the molecule is Cc1ccc(-c2nc3cc(C)c(Br)cn3c2CC(=O)O)cc1C. The molecule has 0 unspecified atom stereocenters. The van der Waals surface area contributed by atoms with E-state index in [1.807, 2.05) is 42.6 Å². The highest BCUT2D eigenvalue weighted by Crippen LogP contribution is 2.29. The van der Waals surface area contributed by atoms with Crippen LogP contribution in [0.4, 0.5) is 0 Å². The summed E-state index contributed by atoms with van der Waals surface area (Å²) in [5.41, 5.74) is 6.56. The Morgan fingerprint density at radius 1 is 1.17 bits per heavy atom. The van der Waals surface area contributed by atoms with E-state index in [9.17, 15) is 9.90 Å². The van der Waals surface area contributed by atoms with Crippen molar-refractivity contribution < 1.29 is 9.90 Å². The fourth-order valence-corrected chi connectivity index (χ4v) is 2.96. The summed E-state index contributed by atoms with van der Waals surface area (Å²) in [5, 5.41) is 9.29. The second-order valence-corrected chi connectivity index (χ2v) is 6.66. The average Bonchev–Trinajstić information content (AvgIpc) is 2.80. The molecule has 0 bridgehead atoms. The minimum Gasteiger partial charge on any atom is -0.481 e. The predicted molar refractivity (Wildman–Crippen MR) is 93.9 cm³/mol. The third kappa shape index (κ3) is 2.88. The largest absolute Gasteiger partial charge is 0.481 e. The van der Waals surface area contributed by atoms with E-state index < -0.39 is 5.97 Å². The molecule has 1 aromatic carbocycles. The second kappa shape index (κ2) is 5.81. The molecule has 0 atom stereocenters. The first-order valence-corrected chi connectivity index (χ1v) is 8.12. The monoisotopic (exact) mass is 372 g/mol. The molecule has 4 nitrogen and oxygen atoms in total. The topological polar surface area (TPSA) is 54.6 Å². The van der Waals surface area contributed by atoms with Crippen molar-refractivity contribution >= 4 is 27.5 Å². The van der Waals surface area contributed by atoms with Crippen molar-refractivity contribution in [1.29, 1.82) is 0 Å². The maximum atomic E-state index is 11.3. The number of aliphatic carboxylic acids is 1.